The molecule has 164 valence electrons. The maximum atomic E-state index is 12.6. The van der Waals surface area contributed by atoms with Gasteiger partial charge in [0, 0.05) is 38.5 Å². The molecule has 0 radical (unpaired) electrons. The van der Waals surface area contributed by atoms with Crippen molar-refractivity contribution in [1.82, 2.24) is 9.55 Å². The lowest BCUT2D eigenvalue weighted by molar-refractivity contribution is 0.109. The lowest BCUT2D eigenvalue weighted by atomic mass is 9.91. The molecule has 2 aliphatic rings. The number of pyridine rings is 2. The van der Waals surface area contributed by atoms with Crippen LogP contribution in [0.1, 0.15) is 49.8 Å². The quantitative estimate of drug-likeness (QED) is 0.604. The summed E-state index contributed by atoms with van der Waals surface area (Å²) in [4.78, 5) is 19.4. The Hall–Kier alpha value is -3.33. The van der Waals surface area contributed by atoms with E-state index in [1.54, 1.807) is 23.7 Å². The lowest BCUT2D eigenvalue weighted by Gasteiger charge is -2.39. The second-order valence-corrected chi connectivity index (χ2v) is 9.01. The van der Waals surface area contributed by atoms with Gasteiger partial charge in [0.2, 0.25) is 0 Å². The van der Waals surface area contributed by atoms with Crippen LogP contribution in [-0.4, -0.2) is 28.7 Å². The highest BCUT2D eigenvalue weighted by atomic mass is 16.5. The molecule has 1 aromatic carbocycles. The lowest BCUT2D eigenvalue weighted by Crippen LogP contribution is -2.46. The summed E-state index contributed by atoms with van der Waals surface area (Å²) in [5.74, 6) is 2.01. The van der Waals surface area contributed by atoms with Crippen LogP contribution in [0.2, 0.25) is 0 Å². The zero-order chi connectivity index (χ0) is 22.2. The first kappa shape index (κ1) is 20.6. The highest BCUT2D eigenvalue weighted by Gasteiger charge is 2.31. The number of hydrogen-bond donors (Lipinski definition) is 0. The molecule has 6 nitrogen and oxygen atoms in total. The van der Waals surface area contributed by atoms with E-state index in [-0.39, 0.29) is 11.7 Å². The van der Waals surface area contributed by atoms with E-state index >= 15 is 0 Å². The fourth-order valence-electron chi connectivity index (χ4n) is 4.83. The number of hydrogen-bond acceptors (Lipinski definition) is 5. The van der Waals surface area contributed by atoms with Gasteiger partial charge in [0.15, 0.2) is 0 Å². The monoisotopic (exact) mass is 428 g/mol. The SMILES string of the molecule is CC[C@@H]1CN(c2cc(=O)n(C)c3ccc(C#N)nc23)CC[C@H]1Oc1cccc(C2CC2)c1. The van der Waals surface area contributed by atoms with E-state index in [2.05, 4.69) is 47.1 Å². The fourth-order valence-corrected chi connectivity index (χ4v) is 4.83. The van der Waals surface area contributed by atoms with Crippen molar-refractivity contribution in [2.45, 2.75) is 44.6 Å². The van der Waals surface area contributed by atoms with E-state index in [4.69, 9.17) is 4.74 Å². The molecule has 2 atom stereocenters. The highest BCUT2D eigenvalue weighted by Crippen LogP contribution is 2.41. The molecule has 5 rings (SSSR count). The van der Waals surface area contributed by atoms with Crippen molar-refractivity contribution in [3.63, 3.8) is 0 Å². The fraction of sp³-hybridized carbons (Fsp3) is 0.423. The predicted molar refractivity (Wildman–Crippen MR) is 125 cm³/mol. The van der Waals surface area contributed by atoms with Gasteiger partial charge in [-0.1, -0.05) is 19.1 Å². The summed E-state index contributed by atoms with van der Waals surface area (Å²) in [5, 5.41) is 9.32. The van der Waals surface area contributed by atoms with Gasteiger partial charge in [-0.25, -0.2) is 4.98 Å². The third-order valence-electron chi connectivity index (χ3n) is 6.91. The average molecular weight is 429 g/mol. The van der Waals surface area contributed by atoms with Gasteiger partial charge in [0.1, 0.15) is 29.1 Å². The van der Waals surface area contributed by atoms with E-state index in [0.717, 1.165) is 42.9 Å². The summed E-state index contributed by atoms with van der Waals surface area (Å²) < 4.78 is 8.07. The Bertz CT molecular complexity index is 1250. The van der Waals surface area contributed by atoms with E-state index in [1.807, 2.05) is 6.07 Å². The minimum atomic E-state index is -0.0673. The van der Waals surface area contributed by atoms with Gasteiger partial charge in [0.05, 0.1) is 11.2 Å². The van der Waals surface area contributed by atoms with Gasteiger partial charge in [-0.05, 0) is 55.0 Å². The number of nitrogens with zero attached hydrogens (tertiary/aromatic N) is 4. The van der Waals surface area contributed by atoms with Crippen molar-refractivity contribution in [1.29, 1.82) is 5.26 Å². The molecule has 32 heavy (non-hydrogen) atoms. The smallest absolute Gasteiger partial charge is 0.252 e. The summed E-state index contributed by atoms with van der Waals surface area (Å²) in [6.45, 7) is 3.77. The molecule has 3 aromatic rings. The molecular weight excluding hydrogens is 400 g/mol. The summed E-state index contributed by atoms with van der Waals surface area (Å²) in [6, 6.07) is 15.8. The highest BCUT2D eigenvalue weighted by molar-refractivity contribution is 5.88. The van der Waals surface area contributed by atoms with Crippen molar-refractivity contribution in [2.24, 2.45) is 13.0 Å². The number of rotatable bonds is 5. The van der Waals surface area contributed by atoms with Gasteiger partial charge in [-0.15, -0.1) is 0 Å². The Balaban J connectivity index is 1.41. The van der Waals surface area contributed by atoms with Crippen LogP contribution >= 0.6 is 0 Å². The minimum absolute atomic E-state index is 0.0673. The number of aromatic nitrogens is 2. The van der Waals surface area contributed by atoms with Gasteiger partial charge < -0.3 is 14.2 Å². The Kier molecular flexibility index (Phi) is 5.34. The molecule has 0 unspecified atom stereocenters. The number of fused-ring (bicyclic) bond motifs is 1. The van der Waals surface area contributed by atoms with Crippen LogP contribution in [-0.2, 0) is 7.05 Å². The van der Waals surface area contributed by atoms with Gasteiger partial charge in [-0.3, -0.25) is 4.79 Å². The maximum absolute atomic E-state index is 12.6. The van der Waals surface area contributed by atoms with Crippen LogP contribution in [0.3, 0.4) is 0 Å². The number of aryl methyl sites for hydroxylation is 1. The second-order valence-electron chi connectivity index (χ2n) is 9.01. The van der Waals surface area contributed by atoms with Crippen LogP contribution in [0.4, 0.5) is 5.69 Å². The van der Waals surface area contributed by atoms with E-state index in [0.29, 0.717) is 23.0 Å². The number of ether oxygens (including phenoxy) is 1. The molecule has 3 heterocycles. The van der Waals surface area contributed by atoms with Crippen molar-refractivity contribution in [3.8, 4) is 11.8 Å². The molecule has 1 saturated heterocycles. The molecule has 2 fully saturated rings. The molecule has 0 amide bonds. The summed E-state index contributed by atoms with van der Waals surface area (Å²) in [7, 11) is 1.74. The molecule has 0 spiro atoms. The van der Waals surface area contributed by atoms with Gasteiger partial charge in [0.25, 0.3) is 5.56 Å². The van der Waals surface area contributed by atoms with Crippen molar-refractivity contribution < 1.29 is 4.74 Å². The maximum Gasteiger partial charge on any atom is 0.252 e. The summed E-state index contributed by atoms with van der Waals surface area (Å²) >= 11 is 0. The molecule has 0 N–H and O–H groups in total. The van der Waals surface area contributed by atoms with Gasteiger partial charge in [-0.2, -0.15) is 5.26 Å². The average Bonchev–Trinajstić information content (AvgIpc) is 3.67. The van der Waals surface area contributed by atoms with Crippen molar-refractivity contribution in [2.75, 3.05) is 18.0 Å². The molecule has 1 aliphatic carbocycles. The largest absolute Gasteiger partial charge is 0.490 e. The second kappa shape index (κ2) is 8.31. The summed E-state index contributed by atoms with van der Waals surface area (Å²) in [6.07, 6.45) is 4.58. The van der Waals surface area contributed by atoms with Crippen LogP contribution in [0.5, 0.6) is 5.75 Å². The first-order chi connectivity index (χ1) is 15.6. The Morgan fingerprint density at radius 1 is 1.19 bits per heavy atom. The number of benzene rings is 1. The molecule has 1 aliphatic heterocycles. The summed E-state index contributed by atoms with van der Waals surface area (Å²) in [5.41, 5.74) is 3.94. The normalized spacial score (nSPS) is 20.8. The standard InChI is InChI=1S/C26H28N4O2/c1-3-17-16-30(12-11-24(17)32-21-6-4-5-19(13-21)18-7-8-18)23-14-25(31)29(2)22-10-9-20(15-27)28-26(22)23/h4-6,9-10,13-14,17-18,24H,3,7-8,11-12,16H2,1-2H3/t17-,24-/m1/s1. The molecular formula is C26H28N4O2. The van der Waals surface area contributed by atoms with Crippen molar-refractivity contribution in [3.05, 3.63) is 64.1 Å². The van der Waals surface area contributed by atoms with E-state index < -0.39 is 0 Å². The van der Waals surface area contributed by atoms with E-state index in [9.17, 15) is 10.1 Å². The minimum Gasteiger partial charge on any atom is -0.490 e. The molecule has 0 bridgehead atoms. The van der Waals surface area contributed by atoms with Crippen LogP contribution in [0, 0.1) is 17.2 Å². The topological polar surface area (TPSA) is 71.2 Å². The Morgan fingerprint density at radius 2 is 2.03 bits per heavy atom. The van der Waals surface area contributed by atoms with Crippen LogP contribution < -0.4 is 15.2 Å². The van der Waals surface area contributed by atoms with Crippen molar-refractivity contribution >= 4 is 16.7 Å². The Morgan fingerprint density at radius 3 is 2.78 bits per heavy atom. The zero-order valence-corrected chi connectivity index (χ0v) is 18.6. The zero-order valence-electron chi connectivity index (χ0n) is 18.6. The van der Waals surface area contributed by atoms with Crippen LogP contribution in [0.25, 0.3) is 11.0 Å². The first-order valence-electron chi connectivity index (χ1n) is 11.5. The van der Waals surface area contributed by atoms with Gasteiger partial charge >= 0.3 is 0 Å². The Labute approximate surface area is 188 Å². The van der Waals surface area contributed by atoms with E-state index in [1.165, 1.54) is 18.4 Å². The number of nitriles is 1. The predicted octanol–water partition coefficient (Wildman–Crippen LogP) is 4.37. The third kappa shape index (κ3) is 3.84. The number of piperidine rings is 1. The molecule has 6 heteroatoms. The molecule has 2 aromatic heterocycles. The third-order valence-corrected chi connectivity index (χ3v) is 6.91. The van der Waals surface area contributed by atoms with Crippen LogP contribution in [0.15, 0.2) is 47.3 Å². The number of anilines is 1. The first-order valence-corrected chi connectivity index (χ1v) is 11.5. The molecule has 1 saturated carbocycles.